The standard InChI is InChI=1S/C18H15IN4O5/c1-18(11-5-7-14(8-6-11)23(27)28)16(25)22(17(26)21-18)10-15(24)20-13-4-2-3-12(19)9-13/h2-9H,10H2,1H3,(H,20,24)(H,21,26). The van der Waals surface area contributed by atoms with Crippen molar-refractivity contribution in [3.63, 3.8) is 0 Å². The van der Waals surface area contributed by atoms with Gasteiger partial charge in [-0.25, -0.2) is 4.79 Å². The minimum atomic E-state index is -1.41. The minimum absolute atomic E-state index is 0.127. The molecule has 0 aromatic heterocycles. The summed E-state index contributed by atoms with van der Waals surface area (Å²) in [5, 5.41) is 16.0. The van der Waals surface area contributed by atoms with Gasteiger partial charge in [-0.3, -0.25) is 24.6 Å². The zero-order chi connectivity index (χ0) is 20.5. The molecule has 0 aliphatic carbocycles. The van der Waals surface area contributed by atoms with Crippen molar-refractivity contribution < 1.29 is 19.3 Å². The SMILES string of the molecule is CC1(c2ccc([N+](=O)[O-])cc2)NC(=O)N(CC(=O)Nc2cccc(I)c2)C1=O. The van der Waals surface area contributed by atoms with Crippen LogP contribution in [0.5, 0.6) is 0 Å². The average molecular weight is 494 g/mol. The number of rotatable bonds is 5. The maximum Gasteiger partial charge on any atom is 0.325 e. The van der Waals surface area contributed by atoms with Crippen molar-refractivity contribution in [2.45, 2.75) is 12.5 Å². The van der Waals surface area contributed by atoms with E-state index in [0.29, 0.717) is 11.3 Å². The molecule has 28 heavy (non-hydrogen) atoms. The fraction of sp³-hybridized carbons (Fsp3) is 0.167. The number of nitro benzene ring substituents is 1. The predicted molar refractivity (Wildman–Crippen MR) is 108 cm³/mol. The van der Waals surface area contributed by atoms with Gasteiger partial charge in [0, 0.05) is 21.4 Å². The van der Waals surface area contributed by atoms with E-state index in [0.717, 1.165) is 8.47 Å². The van der Waals surface area contributed by atoms with E-state index in [4.69, 9.17) is 0 Å². The van der Waals surface area contributed by atoms with Crippen LogP contribution >= 0.6 is 22.6 Å². The molecule has 2 aromatic rings. The molecule has 2 N–H and O–H groups in total. The van der Waals surface area contributed by atoms with E-state index in [1.54, 1.807) is 18.2 Å². The highest BCUT2D eigenvalue weighted by molar-refractivity contribution is 14.1. The number of non-ortho nitro benzene ring substituents is 1. The van der Waals surface area contributed by atoms with Crippen molar-refractivity contribution >= 4 is 51.8 Å². The van der Waals surface area contributed by atoms with Crippen molar-refractivity contribution in [1.82, 2.24) is 10.2 Å². The largest absolute Gasteiger partial charge is 0.325 e. The highest BCUT2D eigenvalue weighted by Gasteiger charge is 2.49. The lowest BCUT2D eigenvalue weighted by Crippen LogP contribution is -2.42. The molecule has 1 atom stereocenters. The van der Waals surface area contributed by atoms with Gasteiger partial charge in [0.25, 0.3) is 11.6 Å². The molecule has 0 bridgehead atoms. The second-order valence-electron chi connectivity index (χ2n) is 6.31. The Hall–Kier alpha value is -3.02. The van der Waals surface area contributed by atoms with Gasteiger partial charge in [-0.15, -0.1) is 0 Å². The Bertz CT molecular complexity index is 978. The van der Waals surface area contributed by atoms with E-state index >= 15 is 0 Å². The number of imide groups is 1. The molecule has 1 fully saturated rings. The summed E-state index contributed by atoms with van der Waals surface area (Å²) < 4.78 is 0.927. The van der Waals surface area contributed by atoms with Gasteiger partial charge in [-0.05, 0) is 65.4 Å². The lowest BCUT2D eigenvalue weighted by atomic mass is 9.92. The summed E-state index contributed by atoms with van der Waals surface area (Å²) in [5.41, 5.74) is -0.592. The number of anilines is 1. The lowest BCUT2D eigenvalue weighted by molar-refractivity contribution is -0.384. The zero-order valence-electron chi connectivity index (χ0n) is 14.6. The molecular weight excluding hydrogens is 479 g/mol. The number of hydrogen-bond donors (Lipinski definition) is 2. The van der Waals surface area contributed by atoms with Crippen molar-refractivity contribution in [3.05, 3.63) is 67.8 Å². The molecule has 1 saturated heterocycles. The minimum Gasteiger partial charge on any atom is -0.324 e. The molecule has 3 rings (SSSR count). The number of nitro groups is 1. The molecule has 1 aliphatic rings. The summed E-state index contributed by atoms with van der Waals surface area (Å²) in [7, 11) is 0. The van der Waals surface area contributed by atoms with E-state index in [1.165, 1.54) is 31.2 Å². The third-order valence-electron chi connectivity index (χ3n) is 4.34. The summed E-state index contributed by atoms with van der Waals surface area (Å²) in [4.78, 5) is 48.5. The molecule has 0 radical (unpaired) electrons. The first kappa shape index (κ1) is 19.7. The van der Waals surface area contributed by atoms with Gasteiger partial charge in [0.2, 0.25) is 5.91 Å². The smallest absolute Gasteiger partial charge is 0.324 e. The molecule has 1 unspecified atom stereocenters. The van der Waals surface area contributed by atoms with Gasteiger partial charge < -0.3 is 10.6 Å². The number of nitrogens with zero attached hydrogens (tertiary/aromatic N) is 2. The summed E-state index contributed by atoms with van der Waals surface area (Å²) in [6.45, 7) is 1.05. The fourth-order valence-corrected chi connectivity index (χ4v) is 3.41. The topological polar surface area (TPSA) is 122 Å². The summed E-state index contributed by atoms with van der Waals surface area (Å²) in [6.07, 6.45) is 0. The first-order valence-electron chi connectivity index (χ1n) is 8.15. The zero-order valence-corrected chi connectivity index (χ0v) is 16.8. The number of halogens is 1. The van der Waals surface area contributed by atoms with Gasteiger partial charge in [-0.2, -0.15) is 0 Å². The van der Waals surface area contributed by atoms with E-state index in [2.05, 4.69) is 33.2 Å². The molecule has 4 amide bonds. The van der Waals surface area contributed by atoms with Crippen LogP contribution in [0.2, 0.25) is 0 Å². The second-order valence-corrected chi connectivity index (χ2v) is 7.55. The first-order valence-corrected chi connectivity index (χ1v) is 9.23. The molecule has 0 saturated carbocycles. The lowest BCUT2D eigenvalue weighted by Gasteiger charge is -2.22. The van der Waals surface area contributed by atoms with Gasteiger partial charge in [0.15, 0.2) is 0 Å². The summed E-state index contributed by atoms with van der Waals surface area (Å²) >= 11 is 2.10. The van der Waals surface area contributed by atoms with Crippen LogP contribution in [-0.4, -0.2) is 34.2 Å². The number of carbonyl (C=O) groups excluding carboxylic acids is 3. The number of urea groups is 1. The Morgan fingerprint density at radius 2 is 1.93 bits per heavy atom. The Morgan fingerprint density at radius 3 is 2.54 bits per heavy atom. The molecule has 1 aliphatic heterocycles. The molecule has 1 heterocycles. The van der Waals surface area contributed by atoms with Gasteiger partial charge >= 0.3 is 6.03 Å². The third kappa shape index (κ3) is 3.81. The van der Waals surface area contributed by atoms with E-state index in [1.807, 2.05) is 6.07 Å². The van der Waals surface area contributed by atoms with E-state index in [9.17, 15) is 24.5 Å². The number of benzene rings is 2. The van der Waals surface area contributed by atoms with Crippen LogP contribution in [0, 0.1) is 13.7 Å². The van der Waals surface area contributed by atoms with Crippen LogP contribution in [0.1, 0.15) is 12.5 Å². The van der Waals surface area contributed by atoms with Crippen molar-refractivity contribution in [3.8, 4) is 0 Å². The van der Waals surface area contributed by atoms with Gasteiger partial charge in [-0.1, -0.05) is 6.07 Å². The quantitative estimate of drug-likeness (QED) is 0.287. The maximum atomic E-state index is 12.8. The third-order valence-corrected chi connectivity index (χ3v) is 5.01. The molecule has 0 spiro atoms. The number of carbonyl (C=O) groups is 3. The van der Waals surface area contributed by atoms with Crippen LogP contribution in [0.25, 0.3) is 0 Å². The predicted octanol–water partition coefficient (Wildman–Crippen LogP) is 2.61. The average Bonchev–Trinajstić information content (AvgIpc) is 2.86. The normalized spacial score (nSPS) is 18.7. The molecular formula is C18H15IN4O5. The Balaban J connectivity index is 1.75. The molecule has 9 nitrogen and oxygen atoms in total. The number of hydrogen-bond acceptors (Lipinski definition) is 5. The monoisotopic (exact) mass is 494 g/mol. The van der Waals surface area contributed by atoms with E-state index in [-0.39, 0.29) is 5.69 Å². The van der Waals surface area contributed by atoms with Crippen LogP contribution in [-0.2, 0) is 15.1 Å². The van der Waals surface area contributed by atoms with Crippen molar-refractivity contribution in [2.24, 2.45) is 0 Å². The van der Waals surface area contributed by atoms with Crippen LogP contribution < -0.4 is 10.6 Å². The summed E-state index contributed by atoms with van der Waals surface area (Å²) in [6, 6.07) is 11.7. The molecule has 2 aromatic carbocycles. The maximum absolute atomic E-state index is 12.8. The van der Waals surface area contributed by atoms with Crippen LogP contribution in [0.3, 0.4) is 0 Å². The highest BCUT2D eigenvalue weighted by atomic mass is 127. The highest BCUT2D eigenvalue weighted by Crippen LogP contribution is 2.30. The second kappa shape index (κ2) is 7.54. The van der Waals surface area contributed by atoms with Gasteiger partial charge in [0.05, 0.1) is 4.92 Å². The van der Waals surface area contributed by atoms with Crippen LogP contribution in [0.4, 0.5) is 16.2 Å². The number of amides is 4. The Kier molecular flexibility index (Phi) is 5.31. The number of nitrogens with one attached hydrogen (secondary N) is 2. The first-order chi connectivity index (χ1) is 13.2. The van der Waals surface area contributed by atoms with Gasteiger partial charge in [0.1, 0.15) is 12.1 Å². The van der Waals surface area contributed by atoms with Crippen molar-refractivity contribution in [1.29, 1.82) is 0 Å². The summed E-state index contributed by atoms with van der Waals surface area (Å²) in [5.74, 6) is -1.12. The van der Waals surface area contributed by atoms with E-state index < -0.39 is 34.9 Å². The Labute approximate surface area is 173 Å². The van der Waals surface area contributed by atoms with Crippen LogP contribution in [0.15, 0.2) is 48.5 Å². The molecule has 144 valence electrons. The van der Waals surface area contributed by atoms with Crippen molar-refractivity contribution in [2.75, 3.05) is 11.9 Å². The Morgan fingerprint density at radius 1 is 1.25 bits per heavy atom. The molecule has 10 heteroatoms. The fourth-order valence-electron chi connectivity index (χ4n) is 2.86.